The van der Waals surface area contributed by atoms with Crippen molar-refractivity contribution in [2.75, 3.05) is 6.54 Å². The van der Waals surface area contributed by atoms with Crippen LogP contribution in [0.1, 0.15) is 26.2 Å². The molecule has 4 nitrogen and oxygen atoms in total. The molecule has 0 bridgehead atoms. The minimum atomic E-state index is 0.0940. The molecule has 0 aromatic heterocycles. The molecule has 0 atom stereocenters. The normalized spacial score (nSPS) is 8.90. The van der Waals surface area contributed by atoms with Crippen molar-refractivity contribution in [3.63, 3.8) is 0 Å². The zero-order chi connectivity index (χ0) is 7.82. The van der Waals surface area contributed by atoms with Crippen LogP contribution in [-0.4, -0.2) is 12.5 Å². The number of nitrogens with zero attached hydrogens (tertiary/aromatic N) is 1. The Labute approximate surface area is 61.7 Å². The Hall–Kier alpha value is -0.930. The van der Waals surface area contributed by atoms with E-state index >= 15 is 0 Å². The summed E-state index contributed by atoms with van der Waals surface area (Å²) in [5.41, 5.74) is 12.9. The van der Waals surface area contributed by atoms with E-state index < -0.39 is 0 Å². The summed E-state index contributed by atoms with van der Waals surface area (Å²) in [6, 6.07) is 0. The Bertz CT molecular complexity index is 95.9. The van der Waals surface area contributed by atoms with E-state index in [4.69, 9.17) is 11.5 Å². The first-order valence-electron chi connectivity index (χ1n) is 3.59. The molecule has 0 heterocycles. The Balaban J connectivity index is 2.98. The van der Waals surface area contributed by atoms with Crippen molar-refractivity contribution in [1.29, 1.82) is 0 Å². The lowest BCUT2D eigenvalue weighted by Gasteiger charge is -1.97. The van der Waals surface area contributed by atoms with Gasteiger partial charge in [-0.05, 0) is 6.42 Å². The predicted molar refractivity (Wildman–Crippen MR) is 43.3 cm³/mol. The molecule has 0 aromatic carbocycles. The van der Waals surface area contributed by atoms with Crippen LogP contribution in [0.15, 0.2) is 5.10 Å². The van der Waals surface area contributed by atoms with Crippen LogP contribution in [-0.2, 0) is 0 Å². The van der Waals surface area contributed by atoms with Crippen LogP contribution < -0.4 is 16.9 Å². The van der Waals surface area contributed by atoms with Crippen LogP contribution >= 0.6 is 0 Å². The summed E-state index contributed by atoms with van der Waals surface area (Å²) >= 11 is 0. The maximum absolute atomic E-state index is 5.07. The van der Waals surface area contributed by atoms with Crippen LogP contribution in [0.5, 0.6) is 0 Å². The van der Waals surface area contributed by atoms with Crippen molar-refractivity contribution in [1.82, 2.24) is 5.43 Å². The number of hydrogen-bond acceptors (Lipinski definition) is 2. The largest absolute Gasteiger partial charge is 0.369 e. The Morgan fingerprint density at radius 1 is 1.40 bits per heavy atom. The molecule has 0 rings (SSSR count). The van der Waals surface area contributed by atoms with Gasteiger partial charge >= 0.3 is 0 Å². The molecule has 0 aliphatic heterocycles. The fourth-order valence-corrected chi connectivity index (χ4v) is 0.601. The minimum Gasteiger partial charge on any atom is -0.369 e. The van der Waals surface area contributed by atoms with Gasteiger partial charge in [-0.25, -0.2) is 0 Å². The van der Waals surface area contributed by atoms with Crippen LogP contribution in [0.3, 0.4) is 0 Å². The van der Waals surface area contributed by atoms with Gasteiger partial charge in [0.1, 0.15) is 0 Å². The smallest absolute Gasteiger partial charge is 0.208 e. The molecule has 0 radical (unpaired) electrons. The zero-order valence-electron chi connectivity index (χ0n) is 6.43. The molecule has 4 heteroatoms. The molecule has 0 amide bonds. The van der Waals surface area contributed by atoms with E-state index in [1.165, 1.54) is 12.8 Å². The maximum atomic E-state index is 5.07. The number of hydrazone groups is 1. The number of rotatable bonds is 5. The van der Waals surface area contributed by atoms with Crippen LogP contribution in [0, 0.1) is 0 Å². The number of unbranched alkanes of at least 4 members (excludes halogenated alkanes) is 2. The molecular weight excluding hydrogens is 128 g/mol. The lowest BCUT2D eigenvalue weighted by molar-refractivity contribution is 0.638. The molecule has 60 valence electrons. The summed E-state index contributed by atoms with van der Waals surface area (Å²) in [7, 11) is 0. The molecule has 0 fully saturated rings. The van der Waals surface area contributed by atoms with E-state index in [0.717, 1.165) is 13.0 Å². The van der Waals surface area contributed by atoms with Gasteiger partial charge in [-0.1, -0.05) is 19.8 Å². The summed E-state index contributed by atoms with van der Waals surface area (Å²) in [6.07, 6.45) is 3.55. The topological polar surface area (TPSA) is 76.4 Å². The fraction of sp³-hybridized carbons (Fsp3) is 0.833. The van der Waals surface area contributed by atoms with E-state index in [1.54, 1.807) is 0 Å². The van der Waals surface area contributed by atoms with E-state index in [0.29, 0.717) is 0 Å². The highest BCUT2D eigenvalue weighted by Gasteiger charge is 1.83. The van der Waals surface area contributed by atoms with Crippen molar-refractivity contribution < 1.29 is 0 Å². The van der Waals surface area contributed by atoms with Crippen LogP contribution in [0.25, 0.3) is 0 Å². The quantitative estimate of drug-likeness (QED) is 0.219. The molecule has 0 saturated carbocycles. The van der Waals surface area contributed by atoms with Gasteiger partial charge in [0, 0.05) is 6.54 Å². The van der Waals surface area contributed by atoms with Gasteiger partial charge in [-0.2, -0.15) is 0 Å². The second-order valence-electron chi connectivity index (χ2n) is 2.15. The standard InChI is InChI=1S/C6H16N4/c1-2-3-4-5-9-10-6(7)8/h9H,2-5H2,1H3,(H4,7,8,10). The highest BCUT2D eigenvalue weighted by atomic mass is 15.3. The molecule has 0 unspecified atom stereocenters. The number of guanidine groups is 1. The zero-order valence-corrected chi connectivity index (χ0v) is 6.43. The molecule has 0 aliphatic carbocycles. The summed E-state index contributed by atoms with van der Waals surface area (Å²) in [5.74, 6) is 0.0940. The lowest BCUT2D eigenvalue weighted by atomic mass is 10.3. The fourth-order valence-electron chi connectivity index (χ4n) is 0.601. The van der Waals surface area contributed by atoms with Crippen molar-refractivity contribution >= 4 is 5.96 Å². The maximum Gasteiger partial charge on any atom is 0.208 e. The average Bonchev–Trinajstić information content (AvgIpc) is 1.87. The highest BCUT2D eigenvalue weighted by Crippen LogP contribution is 1.90. The second-order valence-corrected chi connectivity index (χ2v) is 2.15. The third-order valence-corrected chi connectivity index (χ3v) is 1.10. The number of nitrogens with two attached hydrogens (primary N) is 2. The van der Waals surface area contributed by atoms with Gasteiger partial charge in [0.05, 0.1) is 0 Å². The van der Waals surface area contributed by atoms with Crippen molar-refractivity contribution in [3.05, 3.63) is 0 Å². The summed E-state index contributed by atoms with van der Waals surface area (Å²) in [6.45, 7) is 3.01. The average molecular weight is 144 g/mol. The third kappa shape index (κ3) is 7.07. The summed E-state index contributed by atoms with van der Waals surface area (Å²) in [4.78, 5) is 0. The minimum absolute atomic E-state index is 0.0940. The van der Waals surface area contributed by atoms with E-state index in [2.05, 4.69) is 17.5 Å². The van der Waals surface area contributed by atoms with Crippen LogP contribution in [0.4, 0.5) is 0 Å². The van der Waals surface area contributed by atoms with Gasteiger partial charge in [0.2, 0.25) is 5.96 Å². The van der Waals surface area contributed by atoms with Crippen molar-refractivity contribution in [2.45, 2.75) is 26.2 Å². The molecule has 0 aromatic rings. The SMILES string of the molecule is CCCCCNN=C(N)N. The van der Waals surface area contributed by atoms with E-state index in [-0.39, 0.29) is 5.96 Å². The van der Waals surface area contributed by atoms with Gasteiger partial charge < -0.3 is 16.9 Å². The van der Waals surface area contributed by atoms with E-state index in [9.17, 15) is 0 Å². The van der Waals surface area contributed by atoms with Crippen molar-refractivity contribution in [2.24, 2.45) is 16.6 Å². The van der Waals surface area contributed by atoms with Gasteiger partial charge in [-0.15, -0.1) is 5.10 Å². The molecule has 10 heavy (non-hydrogen) atoms. The first-order valence-corrected chi connectivity index (χ1v) is 3.59. The van der Waals surface area contributed by atoms with Gasteiger partial charge in [0.25, 0.3) is 0 Å². The Morgan fingerprint density at radius 2 is 2.10 bits per heavy atom. The first-order chi connectivity index (χ1) is 4.77. The third-order valence-electron chi connectivity index (χ3n) is 1.10. The van der Waals surface area contributed by atoms with Crippen LogP contribution in [0.2, 0.25) is 0 Å². The Kier molecular flexibility index (Phi) is 5.62. The van der Waals surface area contributed by atoms with Gasteiger partial charge in [-0.3, -0.25) is 0 Å². The molecule has 0 spiro atoms. The molecule has 0 aliphatic rings. The number of nitrogens with one attached hydrogen (secondary N) is 1. The lowest BCUT2D eigenvalue weighted by Crippen LogP contribution is -2.26. The van der Waals surface area contributed by atoms with Crippen molar-refractivity contribution in [3.8, 4) is 0 Å². The Morgan fingerprint density at radius 3 is 2.60 bits per heavy atom. The molecular formula is C6H16N4. The summed E-state index contributed by atoms with van der Waals surface area (Å²) in [5, 5.41) is 3.62. The molecule has 5 N–H and O–H groups in total. The van der Waals surface area contributed by atoms with Gasteiger partial charge in [0.15, 0.2) is 0 Å². The predicted octanol–water partition coefficient (Wildman–Crippen LogP) is -0.0454. The number of hydrogen-bond donors (Lipinski definition) is 3. The van der Waals surface area contributed by atoms with E-state index in [1.807, 2.05) is 0 Å². The highest BCUT2D eigenvalue weighted by molar-refractivity contribution is 5.75. The first kappa shape index (κ1) is 9.07. The summed E-state index contributed by atoms with van der Waals surface area (Å²) < 4.78 is 0. The monoisotopic (exact) mass is 144 g/mol. The molecule has 0 saturated heterocycles. The second kappa shape index (κ2) is 6.19.